The van der Waals surface area contributed by atoms with Crippen LogP contribution in [0.1, 0.15) is 44.0 Å². The number of ether oxygens (including phenoxy) is 1. The second-order valence-electron chi connectivity index (χ2n) is 6.87. The van der Waals surface area contributed by atoms with Gasteiger partial charge in [-0.05, 0) is 57.5 Å². The maximum Gasteiger partial charge on any atom is 0.317 e. The SMILES string of the molecule is CCN(CC(=O)O)C1CC(NC(=O)c2cccc(OCC=C(C)C)c2)C1. The van der Waals surface area contributed by atoms with Crippen LogP contribution in [0.3, 0.4) is 0 Å². The molecule has 1 amide bonds. The zero-order valence-electron chi connectivity index (χ0n) is 15.7. The lowest BCUT2D eigenvalue weighted by molar-refractivity contribution is -0.139. The van der Waals surface area contributed by atoms with Gasteiger partial charge in [0.05, 0.1) is 6.54 Å². The molecule has 0 radical (unpaired) electrons. The first kappa shape index (κ1) is 20.0. The van der Waals surface area contributed by atoms with E-state index in [4.69, 9.17) is 9.84 Å². The third-order valence-corrected chi connectivity index (χ3v) is 4.55. The van der Waals surface area contributed by atoms with Crippen LogP contribution in [0.5, 0.6) is 5.75 Å². The normalized spacial score (nSPS) is 18.8. The smallest absolute Gasteiger partial charge is 0.317 e. The topological polar surface area (TPSA) is 78.9 Å². The van der Waals surface area contributed by atoms with Gasteiger partial charge < -0.3 is 15.2 Å². The molecule has 1 aromatic rings. The molecule has 0 spiro atoms. The number of aliphatic carboxylic acids is 1. The van der Waals surface area contributed by atoms with Gasteiger partial charge in [0.15, 0.2) is 0 Å². The van der Waals surface area contributed by atoms with Gasteiger partial charge in [0.1, 0.15) is 12.4 Å². The molecule has 0 aromatic heterocycles. The van der Waals surface area contributed by atoms with Crippen molar-refractivity contribution in [2.24, 2.45) is 0 Å². The predicted molar refractivity (Wildman–Crippen MR) is 101 cm³/mol. The molecule has 2 N–H and O–H groups in total. The minimum Gasteiger partial charge on any atom is -0.490 e. The highest BCUT2D eigenvalue weighted by molar-refractivity contribution is 5.94. The summed E-state index contributed by atoms with van der Waals surface area (Å²) in [5.74, 6) is -0.271. The van der Waals surface area contributed by atoms with Crippen molar-refractivity contribution in [1.82, 2.24) is 10.2 Å². The summed E-state index contributed by atoms with van der Waals surface area (Å²) in [6.45, 7) is 7.20. The Bertz CT molecular complexity index is 662. The van der Waals surface area contributed by atoms with Crippen LogP contribution in [0.2, 0.25) is 0 Å². The van der Waals surface area contributed by atoms with Crippen molar-refractivity contribution in [3.05, 3.63) is 41.5 Å². The van der Waals surface area contributed by atoms with E-state index in [1.807, 2.05) is 43.9 Å². The van der Waals surface area contributed by atoms with Crippen LogP contribution in [-0.4, -0.2) is 53.7 Å². The number of carboxylic acid groups (broad SMARTS) is 1. The maximum atomic E-state index is 12.4. The van der Waals surface area contributed by atoms with Gasteiger partial charge in [-0.3, -0.25) is 14.5 Å². The number of carbonyl (C=O) groups is 2. The fraction of sp³-hybridized carbons (Fsp3) is 0.500. The Morgan fingerprint density at radius 2 is 2.08 bits per heavy atom. The first-order valence-corrected chi connectivity index (χ1v) is 9.02. The monoisotopic (exact) mass is 360 g/mol. The van der Waals surface area contributed by atoms with Gasteiger partial charge >= 0.3 is 5.97 Å². The molecule has 0 aliphatic heterocycles. The largest absolute Gasteiger partial charge is 0.490 e. The molecule has 1 aliphatic carbocycles. The Labute approximate surface area is 154 Å². The molecule has 26 heavy (non-hydrogen) atoms. The molecule has 0 unspecified atom stereocenters. The first-order valence-electron chi connectivity index (χ1n) is 9.02. The Kier molecular flexibility index (Phi) is 7.21. The van der Waals surface area contributed by atoms with Gasteiger partial charge in [-0.2, -0.15) is 0 Å². The molecule has 1 saturated carbocycles. The number of allylic oxidation sites excluding steroid dienone is 1. The number of amides is 1. The third kappa shape index (κ3) is 5.88. The van der Waals surface area contributed by atoms with Crippen molar-refractivity contribution in [2.75, 3.05) is 19.7 Å². The Balaban J connectivity index is 1.83. The van der Waals surface area contributed by atoms with Crippen LogP contribution in [0.25, 0.3) is 0 Å². The molecule has 1 fully saturated rings. The summed E-state index contributed by atoms with van der Waals surface area (Å²) < 4.78 is 5.63. The van der Waals surface area contributed by atoms with Crippen LogP contribution in [0, 0.1) is 0 Å². The number of nitrogens with zero attached hydrogens (tertiary/aromatic N) is 1. The van der Waals surface area contributed by atoms with Crippen molar-refractivity contribution in [1.29, 1.82) is 0 Å². The minimum absolute atomic E-state index is 0.0485. The Hall–Kier alpha value is -2.34. The summed E-state index contributed by atoms with van der Waals surface area (Å²) in [5, 5.41) is 12.0. The second-order valence-corrected chi connectivity index (χ2v) is 6.87. The molecule has 0 saturated heterocycles. The van der Waals surface area contributed by atoms with E-state index in [0.717, 1.165) is 12.8 Å². The number of carboxylic acids is 1. The van der Waals surface area contributed by atoms with Gasteiger partial charge in [0, 0.05) is 17.6 Å². The van der Waals surface area contributed by atoms with Crippen molar-refractivity contribution >= 4 is 11.9 Å². The van der Waals surface area contributed by atoms with Crippen LogP contribution >= 0.6 is 0 Å². The first-order chi connectivity index (χ1) is 12.4. The van der Waals surface area contributed by atoms with Gasteiger partial charge in [0.25, 0.3) is 5.91 Å². The predicted octanol–water partition coefficient (Wildman–Crippen LogP) is 2.70. The molecular formula is C20H28N2O4. The van der Waals surface area contributed by atoms with Crippen LogP contribution < -0.4 is 10.1 Å². The third-order valence-electron chi connectivity index (χ3n) is 4.55. The zero-order valence-corrected chi connectivity index (χ0v) is 15.7. The van der Waals surface area contributed by atoms with E-state index >= 15 is 0 Å². The van der Waals surface area contributed by atoms with Crippen molar-refractivity contribution in [2.45, 2.75) is 45.7 Å². The van der Waals surface area contributed by atoms with Crippen molar-refractivity contribution < 1.29 is 19.4 Å². The van der Waals surface area contributed by atoms with E-state index in [9.17, 15) is 9.59 Å². The molecule has 1 aromatic carbocycles. The summed E-state index contributed by atoms with van der Waals surface area (Å²) in [6, 6.07) is 7.46. The van der Waals surface area contributed by atoms with Gasteiger partial charge in [-0.1, -0.05) is 18.6 Å². The highest BCUT2D eigenvalue weighted by Gasteiger charge is 2.34. The molecule has 142 valence electrons. The van der Waals surface area contributed by atoms with Crippen molar-refractivity contribution in [3.8, 4) is 5.75 Å². The number of hydrogen-bond acceptors (Lipinski definition) is 4. The Morgan fingerprint density at radius 1 is 1.35 bits per heavy atom. The average Bonchev–Trinajstić information content (AvgIpc) is 2.55. The van der Waals surface area contributed by atoms with Gasteiger partial charge in [-0.25, -0.2) is 0 Å². The van der Waals surface area contributed by atoms with Crippen LogP contribution in [-0.2, 0) is 4.79 Å². The fourth-order valence-corrected chi connectivity index (χ4v) is 2.98. The van der Waals surface area contributed by atoms with Gasteiger partial charge in [-0.15, -0.1) is 0 Å². The number of hydrogen-bond donors (Lipinski definition) is 2. The van der Waals surface area contributed by atoms with E-state index in [-0.39, 0.29) is 24.5 Å². The fourth-order valence-electron chi connectivity index (χ4n) is 2.98. The molecule has 2 rings (SSSR count). The number of benzene rings is 1. The van der Waals surface area contributed by atoms with E-state index in [1.54, 1.807) is 12.1 Å². The number of nitrogens with one attached hydrogen (secondary N) is 1. The Morgan fingerprint density at radius 3 is 2.69 bits per heavy atom. The quantitative estimate of drug-likeness (QED) is 0.662. The van der Waals surface area contributed by atoms with Crippen LogP contribution in [0.15, 0.2) is 35.9 Å². The summed E-state index contributed by atoms with van der Waals surface area (Å²) in [5.41, 5.74) is 1.75. The van der Waals surface area contributed by atoms with E-state index < -0.39 is 5.97 Å². The summed E-state index contributed by atoms with van der Waals surface area (Å²) in [4.78, 5) is 25.2. The molecule has 1 aliphatic rings. The van der Waals surface area contributed by atoms with Crippen LogP contribution in [0.4, 0.5) is 0 Å². The molecule has 6 heteroatoms. The number of carbonyl (C=O) groups excluding carboxylic acids is 1. The van der Waals surface area contributed by atoms with E-state index in [1.165, 1.54) is 5.57 Å². The molecule has 0 heterocycles. The number of likely N-dealkylation sites (N-methyl/N-ethyl adjacent to an activating group) is 1. The summed E-state index contributed by atoms with van der Waals surface area (Å²) >= 11 is 0. The second kappa shape index (κ2) is 9.38. The molecule has 6 nitrogen and oxygen atoms in total. The maximum absolute atomic E-state index is 12.4. The molecular weight excluding hydrogens is 332 g/mol. The lowest BCUT2D eigenvalue weighted by Gasteiger charge is -2.42. The summed E-state index contributed by atoms with van der Waals surface area (Å²) in [7, 11) is 0. The average molecular weight is 360 g/mol. The number of rotatable bonds is 9. The van der Waals surface area contributed by atoms with E-state index in [2.05, 4.69) is 5.32 Å². The van der Waals surface area contributed by atoms with Gasteiger partial charge in [0.2, 0.25) is 0 Å². The highest BCUT2D eigenvalue weighted by atomic mass is 16.5. The summed E-state index contributed by atoms with van der Waals surface area (Å²) in [6.07, 6.45) is 3.55. The molecule has 0 bridgehead atoms. The lowest BCUT2D eigenvalue weighted by Crippen LogP contribution is -2.54. The standard InChI is InChI=1S/C20H28N2O4/c1-4-22(13-19(23)24)17-11-16(12-17)21-20(25)15-6-5-7-18(10-15)26-9-8-14(2)3/h5-8,10,16-17H,4,9,11-13H2,1-3H3,(H,21,25)(H,23,24). The lowest BCUT2D eigenvalue weighted by atomic mass is 9.85. The molecule has 0 atom stereocenters. The zero-order chi connectivity index (χ0) is 19.1. The minimum atomic E-state index is -0.815. The van der Waals surface area contributed by atoms with Crippen molar-refractivity contribution in [3.63, 3.8) is 0 Å². The van der Waals surface area contributed by atoms with E-state index in [0.29, 0.717) is 24.5 Å². The highest BCUT2D eigenvalue weighted by Crippen LogP contribution is 2.26.